The first kappa shape index (κ1) is 18.1. The Morgan fingerprint density at radius 1 is 1.13 bits per heavy atom. The van der Waals surface area contributed by atoms with Crippen LogP contribution in [0.1, 0.15) is 11.8 Å². The fraction of sp³-hybridized carbons (Fsp3) is 0.333. The number of benzene rings is 1. The van der Waals surface area contributed by atoms with Gasteiger partial charge in [-0.3, -0.25) is 0 Å². The van der Waals surface area contributed by atoms with Crippen LogP contribution in [0.4, 0.5) is 11.4 Å². The summed E-state index contributed by atoms with van der Waals surface area (Å²) in [5, 5.41) is 6.52. The second-order valence-corrected chi connectivity index (χ2v) is 9.04. The van der Waals surface area contributed by atoms with Gasteiger partial charge < -0.3 is 10.6 Å². The van der Waals surface area contributed by atoms with Crippen LogP contribution in [0.15, 0.2) is 35.2 Å². The molecular formula is C15H20ClN3O2S2. The fourth-order valence-electron chi connectivity index (χ4n) is 2.01. The van der Waals surface area contributed by atoms with Crippen molar-refractivity contribution in [3.63, 3.8) is 0 Å². The Morgan fingerprint density at radius 3 is 2.43 bits per heavy atom. The molecular weight excluding hydrogens is 354 g/mol. The molecule has 2 N–H and O–H groups in total. The molecule has 0 fully saturated rings. The molecule has 0 saturated carbocycles. The summed E-state index contributed by atoms with van der Waals surface area (Å²) in [4.78, 5) is 1.34. The Bertz CT molecular complexity index is 773. The minimum Gasteiger partial charge on any atom is -0.384 e. The molecule has 0 amide bonds. The second kappa shape index (κ2) is 7.53. The normalized spacial score (nSPS) is 11.7. The number of halogens is 1. The van der Waals surface area contributed by atoms with Crippen molar-refractivity contribution >= 4 is 44.3 Å². The summed E-state index contributed by atoms with van der Waals surface area (Å²) in [5.74, 6) is 0. The van der Waals surface area contributed by atoms with Gasteiger partial charge in [0.25, 0.3) is 0 Å². The summed E-state index contributed by atoms with van der Waals surface area (Å²) in [6.07, 6.45) is 0. The van der Waals surface area contributed by atoms with Crippen molar-refractivity contribution in [3.05, 3.63) is 39.5 Å². The van der Waals surface area contributed by atoms with Gasteiger partial charge in [-0.2, -0.15) is 0 Å². The molecule has 0 radical (unpaired) electrons. The van der Waals surface area contributed by atoms with E-state index in [1.807, 2.05) is 19.1 Å². The Morgan fingerprint density at radius 2 is 1.87 bits per heavy atom. The van der Waals surface area contributed by atoms with Gasteiger partial charge in [-0.15, -0.1) is 11.3 Å². The van der Waals surface area contributed by atoms with Crippen LogP contribution in [0.2, 0.25) is 4.34 Å². The number of rotatable bonds is 7. The molecule has 0 aliphatic heterocycles. The van der Waals surface area contributed by atoms with Crippen LogP contribution >= 0.6 is 22.9 Å². The van der Waals surface area contributed by atoms with Gasteiger partial charge in [0.2, 0.25) is 10.0 Å². The highest BCUT2D eigenvalue weighted by Gasteiger charge is 2.18. The lowest BCUT2D eigenvalue weighted by atomic mass is 10.2. The van der Waals surface area contributed by atoms with Crippen molar-refractivity contribution in [2.75, 3.05) is 31.3 Å². The van der Waals surface area contributed by atoms with Gasteiger partial charge in [0.1, 0.15) is 0 Å². The lowest BCUT2D eigenvalue weighted by Crippen LogP contribution is -2.22. The zero-order valence-electron chi connectivity index (χ0n) is 13.3. The monoisotopic (exact) mass is 373 g/mol. The summed E-state index contributed by atoms with van der Waals surface area (Å²) in [6, 6.07) is 8.85. The maximum Gasteiger partial charge on any atom is 0.242 e. The maximum atomic E-state index is 12.3. The molecule has 1 aromatic heterocycles. The summed E-state index contributed by atoms with van der Waals surface area (Å²) in [5.41, 5.74) is 1.62. The summed E-state index contributed by atoms with van der Waals surface area (Å²) in [6.45, 7) is 3.33. The van der Waals surface area contributed by atoms with Crippen LogP contribution in [-0.2, 0) is 16.6 Å². The number of anilines is 2. The van der Waals surface area contributed by atoms with E-state index in [1.54, 1.807) is 18.2 Å². The Balaban J connectivity index is 2.30. The minimum absolute atomic E-state index is 0.260. The van der Waals surface area contributed by atoms with E-state index in [2.05, 4.69) is 10.6 Å². The van der Waals surface area contributed by atoms with Crippen LogP contribution in [-0.4, -0.2) is 33.4 Å². The van der Waals surface area contributed by atoms with E-state index >= 15 is 0 Å². The quantitative estimate of drug-likeness (QED) is 0.776. The molecule has 2 rings (SSSR count). The highest BCUT2D eigenvalue weighted by molar-refractivity contribution is 7.89. The Hall–Kier alpha value is -1.28. The third-order valence-corrected chi connectivity index (χ3v) is 6.26. The first-order valence-corrected chi connectivity index (χ1v) is 9.76. The molecule has 1 heterocycles. The molecule has 0 atom stereocenters. The van der Waals surface area contributed by atoms with Crippen molar-refractivity contribution in [1.29, 1.82) is 0 Å². The predicted octanol–water partition coefficient (Wildman–Crippen LogP) is 3.70. The zero-order valence-corrected chi connectivity index (χ0v) is 15.6. The van der Waals surface area contributed by atoms with Crippen LogP contribution in [0.25, 0.3) is 0 Å². The van der Waals surface area contributed by atoms with Gasteiger partial charge in [-0.05, 0) is 37.3 Å². The Labute approximate surface area is 146 Å². The molecule has 0 spiro atoms. The minimum atomic E-state index is -3.46. The third kappa shape index (κ3) is 4.38. The average molecular weight is 374 g/mol. The second-order valence-electron chi connectivity index (χ2n) is 5.08. The number of sulfonamides is 1. The van der Waals surface area contributed by atoms with Crippen LogP contribution < -0.4 is 10.6 Å². The smallest absolute Gasteiger partial charge is 0.242 e. The lowest BCUT2D eigenvalue weighted by molar-refractivity contribution is 0.521. The lowest BCUT2D eigenvalue weighted by Gasteiger charge is -2.16. The van der Waals surface area contributed by atoms with Gasteiger partial charge in [0.15, 0.2) is 0 Å². The molecule has 8 heteroatoms. The molecule has 2 aromatic rings. The third-order valence-electron chi connectivity index (χ3n) is 3.22. The van der Waals surface area contributed by atoms with E-state index in [-0.39, 0.29) is 4.90 Å². The van der Waals surface area contributed by atoms with E-state index in [0.29, 0.717) is 6.54 Å². The summed E-state index contributed by atoms with van der Waals surface area (Å²) < 4.78 is 26.5. The van der Waals surface area contributed by atoms with E-state index in [0.717, 1.165) is 27.1 Å². The molecule has 0 saturated heterocycles. The Kier molecular flexibility index (Phi) is 5.91. The predicted molar refractivity (Wildman–Crippen MR) is 98.1 cm³/mol. The van der Waals surface area contributed by atoms with Crippen molar-refractivity contribution in [2.24, 2.45) is 0 Å². The molecule has 126 valence electrons. The van der Waals surface area contributed by atoms with Gasteiger partial charge >= 0.3 is 0 Å². The number of nitrogens with zero attached hydrogens (tertiary/aromatic N) is 1. The summed E-state index contributed by atoms with van der Waals surface area (Å²) in [7, 11) is -0.419. The molecule has 1 aromatic carbocycles. The number of hydrogen-bond acceptors (Lipinski definition) is 5. The van der Waals surface area contributed by atoms with Crippen LogP contribution in [0.3, 0.4) is 0 Å². The van der Waals surface area contributed by atoms with Crippen molar-refractivity contribution < 1.29 is 8.42 Å². The number of nitrogens with one attached hydrogen (secondary N) is 2. The van der Waals surface area contributed by atoms with Gasteiger partial charge in [-0.1, -0.05) is 11.6 Å². The molecule has 0 bridgehead atoms. The zero-order chi connectivity index (χ0) is 17.0. The number of hydrogen-bond donors (Lipinski definition) is 2. The van der Waals surface area contributed by atoms with Crippen LogP contribution in [0, 0.1) is 0 Å². The standard InChI is InChI=1S/C15H20ClN3O2S2/c1-4-17-13-7-6-12(23(20,21)19(2)3)9-14(13)18-10-11-5-8-15(16)22-11/h5-9,17-18H,4,10H2,1-3H3. The average Bonchev–Trinajstić information content (AvgIpc) is 2.91. The molecule has 0 aliphatic rings. The molecule has 0 aliphatic carbocycles. The highest BCUT2D eigenvalue weighted by Crippen LogP contribution is 2.28. The molecule has 0 unspecified atom stereocenters. The van der Waals surface area contributed by atoms with E-state index in [9.17, 15) is 8.42 Å². The molecule has 5 nitrogen and oxygen atoms in total. The first-order chi connectivity index (χ1) is 10.8. The van der Waals surface area contributed by atoms with Crippen LogP contribution in [0.5, 0.6) is 0 Å². The SMILES string of the molecule is CCNc1ccc(S(=O)(=O)N(C)C)cc1NCc1ccc(Cl)s1. The van der Waals surface area contributed by atoms with Gasteiger partial charge in [0.05, 0.1) is 20.6 Å². The fourth-order valence-corrected chi connectivity index (χ4v) is 3.97. The van der Waals surface area contributed by atoms with Crippen molar-refractivity contribution in [3.8, 4) is 0 Å². The highest BCUT2D eigenvalue weighted by atomic mass is 35.5. The first-order valence-electron chi connectivity index (χ1n) is 7.13. The van der Waals surface area contributed by atoms with Crippen molar-refractivity contribution in [2.45, 2.75) is 18.4 Å². The maximum absolute atomic E-state index is 12.3. The van der Waals surface area contributed by atoms with E-state index in [1.165, 1.54) is 29.7 Å². The number of thiophene rings is 1. The van der Waals surface area contributed by atoms with Crippen molar-refractivity contribution in [1.82, 2.24) is 4.31 Å². The van der Waals surface area contributed by atoms with E-state index in [4.69, 9.17) is 11.6 Å². The largest absolute Gasteiger partial charge is 0.384 e. The van der Waals surface area contributed by atoms with Gasteiger partial charge in [-0.25, -0.2) is 12.7 Å². The summed E-state index contributed by atoms with van der Waals surface area (Å²) >= 11 is 7.43. The topological polar surface area (TPSA) is 61.4 Å². The molecule has 23 heavy (non-hydrogen) atoms. The van der Waals surface area contributed by atoms with E-state index < -0.39 is 10.0 Å². The van der Waals surface area contributed by atoms with Gasteiger partial charge in [0, 0.05) is 32.1 Å².